The first-order valence-electron chi connectivity index (χ1n) is 3.77. The lowest BCUT2D eigenvalue weighted by Crippen LogP contribution is -2.12. The van der Waals surface area contributed by atoms with E-state index in [1.807, 2.05) is 0 Å². The molecule has 0 amide bonds. The predicted molar refractivity (Wildman–Crippen MR) is 45.8 cm³/mol. The Balaban J connectivity index is 3.63. The molecule has 0 aromatic heterocycles. The summed E-state index contributed by atoms with van der Waals surface area (Å²) < 4.78 is 0. The van der Waals surface area contributed by atoms with E-state index < -0.39 is 11.5 Å². The van der Waals surface area contributed by atoms with Crippen molar-refractivity contribution in [2.75, 3.05) is 0 Å². The van der Waals surface area contributed by atoms with Gasteiger partial charge in [-0.2, -0.15) is 0 Å². The van der Waals surface area contributed by atoms with Crippen LogP contribution in [0.15, 0.2) is 0 Å². The molecule has 0 saturated heterocycles. The average Bonchev–Trinajstić information content (AvgIpc) is 1.80. The van der Waals surface area contributed by atoms with Crippen molar-refractivity contribution in [2.24, 2.45) is 5.41 Å². The first-order valence-corrected chi connectivity index (χ1v) is 4.34. The molecule has 0 aliphatic heterocycles. The molecule has 0 aromatic carbocycles. The fraction of sp³-hybridized carbons (Fsp3) is 0.875. The zero-order chi connectivity index (χ0) is 9.07. The second-order valence-corrected chi connectivity index (χ2v) is 4.69. The van der Waals surface area contributed by atoms with Crippen molar-refractivity contribution < 1.29 is 9.90 Å². The third-order valence-electron chi connectivity index (χ3n) is 1.48. The van der Waals surface area contributed by atoms with Gasteiger partial charge in [0.1, 0.15) is 0 Å². The quantitative estimate of drug-likeness (QED) is 0.658. The number of carboxylic acids is 1. The second-order valence-electron chi connectivity index (χ2n) is 3.99. The van der Waals surface area contributed by atoms with Crippen molar-refractivity contribution in [3.63, 3.8) is 0 Å². The van der Waals surface area contributed by atoms with Gasteiger partial charge in [0.15, 0.2) is 0 Å². The molecular weight excluding hydrogens is 156 g/mol. The minimum atomic E-state index is -0.772. The molecule has 3 radical (unpaired) electrons. The van der Waals surface area contributed by atoms with Gasteiger partial charge in [0, 0.05) is 15.8 Å². The van der Waals surface area contributed by atoms with Crippen LogP contribution in [0.5, 0.6) is 0 Å². The summed E-state index contributed by atoms with van der Waals surface area (Å²) in [6.07, 6.45) is 1.61. The van der Waals surface area contributed by atoms with Crippen LogP contribution in [0.1, 0.15) is 33.6 Å². The summed E-state index contributed by atoms with van der Waals surface area (Å²) in [5, 5.41) is 8.53. The molecule has 1 atom stereocenters. The molecule has 2 nitrogen and oxygen atoms in total. The standard InChI is InChI=1S/C8H15O2Si/c1-8(2,3)5-4-6(11)7(9)10/h6H,4-5H2,1-3H3,(H,9,10). The molecule has 11 heavy (non-hydrogen) atoms. The van der Waals surface area contributed by atoms with Crippen LogP contribution in [0.25, 0.3) is 0 Å². The summed E-state index contributed by atoms with van der Waals surface area (Å²) in [5.74, 6) is -0.772. The van der Waals surface area contributed by atoms with E-state index in [0.717, 1.165) is 6.42 Å². The zero-order valence-electron chi connectivity index (χ0n) is 7.35. The molecule has 0 aliphatic carbocycles. The van der Waals surface area contributed by atoms with Crippen LogP contribution in [-0.4, -0.2) is 21.3 Å². The van der Waals surface area contributed by atoms with Crippen molar-refractivity contribution >= 4 is 16.2 Å². The van der Waals surface area contributed by atoms with E-state index in [-0.39, 0.29) is 5.41 Å². The highest BCUT2D eigenvalue weighted by Crippen LogP contribution is 2.24. The monoisotopic (exact) mass is 171 g/mol. The molecule has 0 spiro atoms. The first kappa shape index (κ1) is 10.7. The summed E-state index contributed by atoms with van der Waals surface area (Å²) in [4.78, 5) is 10.4. The summed E-state index contributed by atoms with van der Waals surface area (Å²) >= 11 is 0. The van der Waals surface area contributed by atoms with Crippen LogP contribution in [0.4, 0.5) is 0 Å². The highest BCUT2D eigenvalue weighted by molar-refractivity contribution is 6.22. The smallest absolute Gasteiger partial charge is 0.302 e. The van der Waals surface area contributed by atoms with E-state index in [4.69, 9.17) is 5.11 Å². The van der Waals surface area contributed by atoms with Gasteiger partial charge in [-0.05, 0) is 18.3 Å². The van der Waals surface area contributed by atoms with E-state index in [1.54, 1.807) is 0 Å². The van der Waals surface area contributed by atoms with Gasteiger partial charge in [0.25, 0.3) is 0 Å². The molecule has 0 heterocycles. The summed E-state index contributed by atoms with van der Waals surface area (Å²) in [6.45, 7) is 6.31. The fourth-order valence-electron chi connectivity index (χ4n) is 0.701. The maximum atomic E-state index is 10.4. The number of hydrogen-bond acceptors (Lipinski definition) is 1. The number of carboxylic acid groups (broad SMARTS) is 1. The van der Waals surface area contributed by atoms with E-state index in [9.17, 15) is 4.79 Å². The lowest BCUT2D eigenvalue weighted by atomic mass is 9.90. The van der Waals surface area contributed by atoms with Crippen molar-refractivity contribution in [3.05, 3.63) is 0 Å². The van der Waals surface area contributed by atoms with Crippen LogP contribution in [0.3, 0.4) is 0 Å². The summed E-state index contributed by atoms with van der Waals surface area (Å²) in [7, 11) is 3.14. The normalized spacial score (nSPS) is 14.5. The summed E-state index contributed by atoms with van der Waals surface area (Å²) in [5.41, 5.74) is -0.172. The maximum absolute atomic E-state index is 10.4. The van der Waals surface area contributed by atoms with Crippen LogP contribution in [0, 0.1) is 5.41 Å². The van der Waals surface area contributed by atoms with Crippen molar-refractivity contribution in [1.82, 2.24) is 0 Å². The van der Waals surface area contributed by atoms with Crippen molar-refractivity contribution in [3.8, 4) is 0 Å². The maximum Gasteiger partial charge on any atom is 0.302 e. The molecule has 3 heteroatoms. The van der Waals surface area contributed by atoms with E-state index >= 15 is 0 Å². The molecule has 63 valence electrons. The zero-order valence-corrected chi connectivity index (χ0v) is 8.35. The second kappa shape index (κ2) is 3.90. The van der Waals surface area contributed by atoms with Gasteiger partial charge in [-0.3, -0.25) is 4.79 Å². The Labute approximate surface area is 71.4 Å². The number of rotatable bonds is 3. The molecule has 0 saturated carbocycles. The number of carbonyl (C=O) groups is 1. The van der Waals surface area contributed by atoms with Gasteiger partial charge in [-0.15, -0.1) is 0 Å². The third kappa shape index (κ3) is 6.10. The molecule has 0 aliphatic rings. The highest BCUT2D eigenvalue weighted by Gasteiger charge is 2.16. The molecule has 1 unspecified atom stereocenters. The van der Waals surface area contributed by atoms with Crippen molar-refractivity contribution in [1.29, 1.82) is 0 Å². The Bertz CT molecular complexity index is 138. The highest BCUT2D eigenvalue weighted by atomic mass is 28.1. The van der Waals surface area contributed by atoms with Crippen LogP contribution in [-0.2, 0) is 4.79 Å². The summed E-state index contributed by atoms with van der Waals surface area (Å²) in [6, 6.07) is 0. The predicted octanol–water partition coefficient (Wildman–Crippen LogP) is 1.85. The largest absolute Gasteiger partial charge is 0.481 e. The van der Waals surface area contributed by atoms with Gasteiger partial charge in [0.2, 0.25) is 0 Å². The lowest BCUT2D eigenvalue weighted by Gasteiger charge is -2.18. The Kier molecular flexibility index (Phi) is 3.79. The van der Waals surface area contributed by atoms with Crippen molar-refractivity contribution in [2.45, 2.75) is 39.2 Å². The lowest BCUT2D eigenvalue weighted by molar-refractivity contribution is -0.137. The number of aliphatic carboxylic acids is 1. The third-order valence-corrected chi connectivity index (χ3v) is 2.02. The first-order chi connectivity index (χ1) is 4.83. The molecule has 0 bridgehead atoms. The SMILES string of the molecule is CC(C)(C)CCC([Si])C(=O)O. The Hall–Kier alpha value is -0.313. The van der Waals surface area contributed by atoms with Crippen LogP contribution in [0.2, 0.25) is 5.54 Å². The van der Waals surface area contributed by atoms with E-state index in [2.05, 4.69) is 31.0 Å². The minimum absolute atomic E-state index is 0.223. The fourth-order valence-corrected chi connectivity index (χ4v) is 0.845. The topological polar surface area (TPSA) is 37.3 Å². The van der Waals surface area contributed by atoms with Gasteiger partial charge in [-0.1, -0.05) is 20.8 Å². The van der Waals surface area contributed by atoms with Gasteiger partial charge in [-0.25, -0.2) is 0 Å². The Morgan fingerprint density at radius 3 is 2.27 bits per heavy atom. The van der Waals surface area contributed by atoms with E-state index in [1.165, 1.54) is 0 Å². The molecule has 1 N–H and O–H groups in total. The van der Waals surface area contributed by atoms with Crippen LogP contribution >= 0.6 is 0 Å². The van der Waals surface area contributed by atoms with Gasteiger partial charge in [0.05, 0.1) is 0 Å². The Morgan fingerprint density at radius 2 is 2.00 bits per heavy atom. The molecule has 0 aromatic rings. The average molecular weight is 171 g/mol. The van der Waals surface area contributed by atoms with E-state index in [0.29, 0.717) is 6.42 Å². The number of hydrogen-bond donors (Lipinski definition) is 1. The molecular formula is C8H15O2Si. The van der Waals surface area contributed by atoms with Gasteiger partial charge < -0.3 is 5.11 Å². The Morgan fingerprint density at radius 1 is 1.55 bits per heavy atom. The van der Waals surface area contributed by atoms with Gasteiger partial charge >= 0.3 is 5.97 Å². The van der Waals surface area contributed by atoms with Crippen LogP contribution < -0.4 is 0 Å². The molecule has 0 rings (SSSR count). The molecule has 0 fully saturated rings. The minimum Gasteiger partial charge on any atom is -0.481 e.